The number of anilines is 1. The number of hydrogen-bond donors (Lipinski definition) is 1. The molecule has 1 aromatic carbocycles. The Labute approximate surface area is 140 Å². The molecule has 120 valence electrons. The Morgan fingerprint density at radius 3 is 2.82 bits per heavy atom. The van der Waals surface area contributed by atoms with Crippen molar-refractivity contribution in [3.8, 4) is 0 Å². The minimum absolute atomic E-state index is 0. The maximum absolute atomic E-state index is 14.4. The second-order valence-electron chi connectivity index (χ2n) is 6.32. The van der Waals surface area contributed by atoms with Crippen LogP contribution in [0.25, 0.3) is 0 Å². The summed E-state index contributed by atoms with van der Waals surface area (Å²) in [5, 5.41) is 3.24. The minimum atomic E-state index is -0.140. The Morgan fingerprint density at radius 2 is 2.14 bits per heavy atom. The second-order valence-corrected chi connectivity index (χ2v) is 7.35. The Hall–Kier alpha value is -0.780. The van der Waals surface area contributed by atoms with Gasteiger partial charge in [-0.2, -0.15) is 0 Å². The highest BCUT2D eigenvalue weighted by Gasteiger charge is 2.48. The van der Waals surface area contributed by atoms with E-state index in [1.807, 2.05) is 11.0 Å². The molecule has 4 rings (SSSR count). The molecule has 0 radical (unpaired) electrons. The van der Waals surface area contributed by atoms with Gasteiger partial charge < -0.3 is 4.90 Å². The molecule has 1 saturated heterocycles. The van der Waals surface area contributed by atoms with Crippen LogP contribution in [0.3, 0.4) is 0 Å². The summed E-state index contributed by atoms with van der Waals surface area (Å²) in [7, 11) is 0. The third kappa shape index (κ3) is 2.34. The second kappa shape index (κ2) is 6.02. The molecule has 1 unspecified atom stereocenters. The first-order valence-corrected chi connectivity index (χ1v) is 8.78. The van der Waals surface area contributed by atoms with E-state index in [0.717, 1.165) is 48.6 Å². The summed E-state index contributed by atoms with van der Waals surface area (Å²) in [6.45, 7) is 0.658. The smallest absolute Gasteiger partial charge is 0.245 e. The van der Waals surface area contributed by atoms with Crippen LogP contribution in [-0.2, 0) is 10.2 Å². The molecule has 1 saturated carbocycles. The fourth-order valence-corrected chi connectivity index (χ4v) is 5.06. The largest absolute Gasteiger partial charge is 0.310 e. The van der Waals surface area contributed by atoms with Crippen molar-refractivity contribution in [1.29, 1.82) is 0 Å². The lowest BCUT2D eigenvalue weighted by Gasteiger charge is -2.26. The number of benzene rings is 1. The Balaban J connectivity index is 0.00000144. The number of carbonyl (C=O) groups excluding carboxylic acids is 1. The maximum Gasteiger partial charge on any atom is 0.245 e. The molecule has 0 aromatic heterocycles. The van der Waals surface area contributed by atoms with Crippen molar-refractivity contribution in [2.45, 2.75) is 37.1 Å². The molecular weight excluding hydrogens is 323 g/mol. The van der Waals surface area contributed by atoms with Gasteiger partial charge in [-0.05, 0) is 25.0 Å². The van der Waals surface area contributed by atoms with Gasteiger partial charge in [0.15, 0.2) is 0 Å². The van der Waals surface area contributed by atoms with Crippen molar-refractivity contribution in [3.05, 3.63) is 29.6 Å². The number of amides is 1. The predicted molar refractivity (Wildman–Crippen MR) is 90.4 cm³/mol. The van der Waals surface area contributed by atoms with E-state index in [-0.39, 0.29) is 35.6 Å². The van der Waals surface area contributed by atoms with Crippen LogP contribution in [-0.4, -0.2) is 30.1 Å². The molecular formula is C16H20ClFN2OS. The normalized spacial score (nSPS) is 25.3. The fraction of sp³-hybridized carbons (Fsp3) is 0.562. The average Bonchev–Trinajstić information content (AvgIpc) is 3.21. The molecule has 1 aliphatic carbocycles. The van der Waals surface area contributed by atoms with Crippen LogP contribution in [0.4, 0.5) is 10.1 Å². The minimum Gasteiger partial charge on any atom is -0.310 e. The molecule has 22 heavy (non-hydrogen) atoms. The van der Waals surface area contributed by atoms with Crippen molar-refractivity contribution in [1.82, 2.24) is 5.32 Å². The van der Waals surface area contributed by atoms with Crippen molar-refractivity contribution in [2.24, 2.45) is 0 Å². The first kappa shape index (κ1) is 16.1. The van der Waals surface area contributed by atoms with Crippen LogP contribution in [0.15, 0.2) is 18.2 Å². The number of hydrogen-bond acceptors (Lipinski definition) is 3. The molecule has 2 fully saturated rings. The topological polar surface area (TPSA) is 32.3 Å². The number of nitrogens with one attached hydrogen (secondary N) is 1. The molecule has 1 amide bonds. The van der Waals surface area contributed by atoms with Gasteiger partial charge in [0.1, 0.15) is 5.82 Å². The number of halogens is 2. The van der Waals surface area contributed by atoms with E-state index in [2.05, 4.69) is 5.32 Å². The predicted octanol–water partition coefficient (Wildman–Crippen LogP) is 3.07. The summed E-state index contributed by atoms with van der Waals surface area (Å²) in [6, 6.07) is 5.05. The highest BCUT2D eigenvalue weighted by atomic mass is 35.5. The first-order valence-electron chi connectivity index (χ1n) is 7.63. The Bertz CT molecular complexity index is 586. The first-order chi connectivity index (χ1) is 10.2. The zero-order valence-corrected chi connectivity index (χ0v) is 13.9. The fourth-order valence-electron chi connectivity index (χ4n) is 4.13. The maximum atomic E-state index is 14.4. The zero-order chi connectivity index (χ0) is 14.4. The van der Waals surface area contributed by atoms with Gasteiger partial charge >= 0.3 is 0 Å². The summed E-state index contributed by atoms with van der Waals surface area (Å²) < 4.78 is 14.4. The van der Waals surface area contributed by atoms with Crippen LogP contribution < -0.4 is 10.2 Å². The number of rotatable bonds is 1. The van der Waals surface area contributed by atoms with Gasteiger partial charge in [0.2, 0.25) is 5.91 Å². The molecule has 3 nitrogen and oxygen atoms in total. The van der Waals surface area contributed by atoms with Crippen molar-refractivity contribution >= 4 is 35.8 Å². The Morgan fingerprint density at radius 1 is 1.36 bits per heavy atom. The quantitative estimate of drug-likeness (QED) is 0.851. The van der Waals surface area contributed by atoms with E-state index in [9.17, 15) is 9.18 Å². The van der Waals surface area contributed by atoms with E-state index >= 15 is 0 Å². The van der Waals surface area contributed by atoms with Crippen molar-refractivity contribution < 1.29 is 9.18 Å². The van der Waals surface area contributed by atoms with Gasteiger partial charge in [-0.1, -0.05) is 18.9 Å². The van der Waals surface area contributed by atoms with E-state index in [1.165, 1.54) is 6.07 Å². The third-order valence-corrected chi connectivity index (χ3v) is 6.05. The van der Waals surface area contributed by atoms with Gasteiger partial charge in [0, 0.05) is 29.2 Å². The molecule has 1 atom stereocenters. The number of nitrogens with zero attached hydrogens (tertiary/aromatic N) is 1. The standard InChI is InChI=1S/C16H19FN2OS.ClH/c17-11-4-3-5-13-14(11)16(6-1-2-7-16)9-19(13)15(20)12-8-21-10-18-12;/h3-5,12,18H,1-2,6-10H2;1H. The van der Waals surface area contributed by atoms with E-state index < -0.39 is 0 Å². The lowest BCUT2D eigenvalue weighted by Crippen LogP contribution is -2.46. The third-order valence-electron chi connectivity index (χ3n) is 5.11. The van der Waals surface area contributed by atoms with Crippen LogP contribution in [0.2, 0.25) is 0 Å². The summed E-state index contributed by atoms with van der Waals surface area (Å²) in [5.74, 6) is 1.60. The molecule has 6 heteroatoms. The van der Waals surface area contributed by atoms with Gasteiger partial charge in [0.05, 0.1) is 11.7 Å². The van der Waals surface area contributed by atoms with Crippen LogP contribution in [0.5, 0.6) is 0 Å². The number of thioether (sulfide) groups is 1. The average molecular weight is 343 g/mol. The molecule has 2 aliphatic heterocycles. The SMILES string of the molecule is Cl.O=C(C1CSCN1)N1CC2(CCCC2)c2c(F)cccc21. The van der Waals surface area contributed by atoms with Crippen molar-refractivity contribution in [3.63, 3.8) is 0 Å². The highest BCUT2D eigenvalue weighted by molar-refractivity contribution is 7.99. The molecule has 1 N–H and O–H groups in total. The van der Waals surface area contributed by atoms with E-state index in [1.54, 1.807) is 17.8 Å². The van der Waals surface area contributed by atoms with Crippen LogP contribution >= 0.6 is 24.2 Å². The van der Waals surface area contributed by atoms with Gasteiger partial charge in [-0.15, -0.1) is 24.2 Å². The van der Waals surface area contributed by atoms with Gasteiger partial charge in [0.25, 0.3) is 0 Å². The zero-order valence-electron chi connectivity index (χ0n) is 12.3. The number of carbonyl (C=O) groups is 1. The van der Waals surface area contributed by atoms with Crippen LogP contribution in [0.1, 0.15) is 31.2 Å². The lowest BCUT2D eigenvalue weighted by atomic mass is 9.80. The monoisotopic (exact) mass is 342 g/mol. The molecule has 0 bridgehead atoms. The lowest BCUT2D eigenvalue weighted by molar-refractivity contribution is -0.119. The summed E-state index contributed by atoms with van der Waals surface area (Å²) in [4.78, 5) is 14.6. The highest BCUT2D eigenvalue weighted by Crippen LogP contribution is 2.51. The molecule has 1 spiro atoms. The molecule has 3 aliphatic rings. The van der Waals surface area contributed by atoms with Gasteiger partial charge in [-0.3, -0.25) is 10.1 Å². The Kier molecular flexibility index (Phi) is 4.40. The summed E-state index contributed by atoms with van der Waals surface area (Å²) in [6.07, 6.45) is 4.26. The molecule has 1 aromatic rings. The van der Waals surface area contributed by atoms with Gasteiger partial charge in [-0.25, -0.2) is 4.39 Å². The van der Waals surface area contributed by atoms with Crippen LogP contribution in [0, 0.1) is 5.82 Å². The number of fused-ring (bicyclic) bond motifs is 2. The van der Waals surface area contributed by atoms with E-state index in [4.69, 9.17) is 0 Å². The van der Waals surface area contributed by atoms with E-state index in [0.29, 0.717) is 6.54 Å². The van der Waals surface area contributed by atoms with Crippen molar-refractivity contribution in [2.75, 3.05) is 23.1 Å². The summed E-state index contributed by atoms with van der Waals surface area (Å²) >= 11 is 1.74. The summed E-state index contributed by atoms with van der Waals surface area (Å²) in [5.41, 5.74) is 1.46. The molecule has 2 heterocycles.